The number of aryl methyl sites for hydroxylation is 1. The van der Waals surface area contributed by atoms with Gasteiger partial charge in [0.2, 0.25) is 0 Å². The van der Waals surface area contributed by atoms with Crippen LogP contribution in [0.4, 0.5) is 0 Å². The van der Waals surface area contributed by atoms with Gasteiger partial charge in [-0.15, -0.1) is 11.3 Å². The molecule has 5 heteroatoms. The fourth-order valence-corrected chi connectivity index (χ4v) is 2.46. The number of hydrogen-bond donors (Lipinski definition) is 1. The van der Waals surface area contributed by atoms with Crippen LogP contribution in [0.2, 0.25) is 0 Å². The number of pyridine rings is 1. The second-order valence-electron chi connectivity index (χ2n) is 4.33. The highest BCUT2D eigenvalue weighted by Gasteiger charge is 2.16. The first-order valence-corrected chi connectivity index (χ1v) is 6.65. The van der Waals surface area contributed by atoms with E-state index in [1.54, 1.807) is 17.9 Å². The number of aromatic nitrogens is 2. The molecule has 0 spiro atoms. The van der Waals surface area contributed by atoms with Crippen molar-refractivity contribution in [2.75, 3.05) is 0 Å². The minimum atomic E-state index is -0.694. The molecule has 1 N–H and O–H groups in total. The molecule has 0 fully saturated rings. The Morgan fingerprint density at radius 2 is 2.11 bits per heavy atom. The molecule has 2 rings (SSSR count). The first-order chi connectivity index (χ1) is 8.58. The highest BCUT2D eigenvalue weighted by atomic mass is 32.1. The van der Waals surface area contributed by atoms with Gasteiger partial charge in [-0.05, 0) is 26.8 Å². The molecule has 2 heterocycles. The average molecular weight is 264 g/mol. The van der Waals surface area contributed by atoms with Gasteiger partial charge in [-0.1, -0.05) is 0 Å². The summed E-state index contributed by atoms with van der Waals surface area (Å²) in [5.41, 5.74) is 3.30. The first-order valence-electron chi connectivity index (χ1n) is 5.77. The van der Waals surface area contributed by atoms with Crippen LogP contribution in [0, 0.1) is 6.92 Å². The molecule has 18 heavy (non-hydrogen) atoms. The largest absolute Gasteiger partial charge is 0.489 e. The number of nitrogens with zero attached hydrogens (tertiary/aromatic N) is 2. The van der Waals surface area contributed by atoms with Crippen molar-refractivity contribution in [3.63, 3.8) is 0 Å². The normalized spacial score (nSPS) is 12.7. The van der Waals surface area contributed by atoms with Crippen LogP contribution in [0.3, 0.4) is 0 Å². The van der Waals surface area contributed by atoms with Crippen molar-refractivity contribution < 1.29 is 9.84 Å². The molecule has 2 aromatic rings. The molecule has 0 saturated heterocycles. The summed E-state index contributed by atoms with van der Waals surface area (Å²) in [5, 5.41) is 10.3. The van der Waals surface area contributed by atoms with Gasteiger partial charge in [0.05, 0.1) is 28.4 Å². The molecule has 1 atom stereocenters. The van der Waals surface area contributed by atoms with Gasteiger partial charge in [0, 0.05) is 11.8 Å². The van der Waals surface area contributed by atoms with Crippen LogP contribution in [0.25, 0.3) is 0 Å². The summed E-state index contributed by atoms with van der Waals surface area (Å²) in [5.74, 6) is 0.670. The molecule has 0 aliphatic heterocycles. The van der Waals surface area contributed by atoms with E-state index in [2.05, 4.69) is 9.97 Å². The van der Waals surface area contributed by atoms with E-state index in [1.807, 2.05) is 26.8 Å². The summed E-state index contributed by atoms with van der Waals surface area (Å²) in [6, 6.07) is 1.82. The summed E-state index contributed by atoms with van der Waals surface area (Å²) in [6.07, 6.45) is 2.69. The van der Waals surface area contributed by atoms with Crippen LogP contribution in [-0.4, -0.2) is 21.2 Å². The van der Waals surface area contributed by atoms with Crippen molar-refractivity contribution in [1.29, 1.82) is 0 Å². The fraction of sp³-hybridized carbons (Fsp3) is 0.385. The molecular formula is C13H16N2O2S. The van der Waals surface area contributed by atoms with E-state index < -0.39 is 6.10 Å². The smallest absolute Gasteiger partial charge is 0.138 e. The first kappa shape index (κ1) is 13.0. The van der Waals surface area contributed by atoms with Gasteiger partial charge in [0.15, 0.2) is 0 Å². The van der Waals surface area contributed by atoms with Crippen molar-refractivity contribution in [3.05, 3.63) is 40.1 Å². The third-order valence-electron chi connectivity index (χ3n) is 2.45. The van der Waals surface area contributed by atoms with E-state index in [-0.39, 0.29) is 6.10 Å². The van der Waals surface area contributed by atoms with Crippen molar-refractivity contribution in [1.82, 2.24) is 9.97 Å². The molecule has 0 saturated carbocycles. The molecule has 4 nitrogen and oxygen atoms in total. The maximum Gasteiger partial charge on any atom is 0.138 e. The predicted molar refractivity (Wildman–Crippen MR) is 70.9 cm³/mol. The van der Waals surface area contributed by atoms with Crippen LogP contribution in [0.1, 0.15) is 36.1 Å². The van der Waals surface area contributed by atoms with Crippen LogP contribution in [0.5, 0.6) is 5.75 Å². The monoisotopic (exact) mass is 264 g/mol. The van der Waals surface area contributed by atoms with Gasteiger partial charge in [0.1, 0.15) is 11.9 Å². The Kier molecular flexibility index (Phi) is 3.93. The van der Waals surface area contributed by atoms with E-state index in [9.17, 15) is 5.11 Å². The molecule has 0 aliphatic rings. The van der Waals surface area contributed by atoms with Crippen molar-refractivity contribution in [2.45, 2.75) is 33.0 Å². The van der Waals surface area contributed by atoms with Gasteiger partial charge < -0.3 is 9.84 Å². The predicted octanol–water partition coefficient (Wildman–Crippen LogP) is 2.72. The summed E-state index contributed by atoms with van der Waals surface area (Å²) in [6.45, 7) is 5.80. The number of ether oxygens (including phenoxy) is 1. The highest BCUT2D eigenvalue weighted by Crippen LogP contribution is 2.29. The highest BCUT2D eigenvalue weighted by molar-refractivity contribution is 7.09. The number of aliphatic hydroxyl groups is 1. The molecule has 0 aliphatic carbocycles. The molecule has 2 aromatic heterocycles. The minimum absolute atomic E-state index is 0.0873. The molecule has 0 bridgehead atoms. The fourth-order valence-electron chi connectivity index (χ4n) is 1.65. The molecule has 96 valence electrons. The summed E-state index contributed by atoms with van der Waals surface area (Å²) < 4.78 is 5.57. The standard InChI is InChI=1S/C13H16N2O2S/c1-8(2)17-11-4-10(5-14-6-11)12(16)13-9(3)15-7-18-13/h4-8,12,16H,1-3H3. The van der Waals surface area contributed by atoms with Gasteiger partial charge in [-0.2, -0.15) is 0 Å². The van der Waals surface area contributed by atoms with Crippen molar-refractivity contribution >= 4 is 11.3 Å². The lowest BCUT2D eigenvalue weighted by molar-refractivity contribution is 0.218. The lowest BCUT2D eigenvalue weighted by Crippen LogP contribution is -2.07. The molecule has 0 aromatic carbocycles. The van der Waals surface area contributed by atoms with E-state index >= 15 is 0 Å². The zero-order chi connectivity index (χ0) is 13.1. The summed E-state index contributed by atoms with van der Waals surface area (Å²) >= 11 is 1.44. The summed E-state index contributed by atoms with van der Waals surface area (Å²) in [4.78, 5) is 9.08. The Bertz CT molecular complexity index is 525. The molecular weight excluding hydrogens is 248 g/mol. The van der Waals surface area contributed by atoms with Crippen LogP contribution in [0.15, 0.2) is 24.0 Å². The second kappa shape index (κ2) is 5.46. The zero-order valence-electron chi connectivity index (χ0n) is 10.6. The maximum atomic E-state index is 10.3. The SMILES string of the molecule is Cc1ncsc1C(O)c1cncc(OC(C)C)c1. The number of hydrogen-bond acceptors (Lipinski definition) is 5. The Labute approximate surface area is 110 Å². The Hall–Kier alpha value is -1.46. The van der Waals surface area contributed by atoms with Gasteiger partial charge in [0.25, 0.3) is 0 Å². The molecule has 1 unspecified atom stereocenters. The van der Waals surface area contributed by atoms with Gasteiger partial charge in [-0.3, -0.25) is 4.98 Å². The van der Waals surface area contributed by atoms with Crippen LogP contribution in [-0.2, 0) is 0 Å². The van der Waals surface area contributed by atoms with Crippen molar-refractivity contribution in [2.24, 2.45) is 0 Å². The molecule has 0 amide bonds. The lowest BCUT2D eigenvalue weighted by Gasteiger charge is -2.13. The second-order valence-corrected chi connectivity index (χ2v) is 5.21. The minimum Gasteiger partial charge on any atom is -0.489 e. The average Bonchev–Trinajstić information content (AvgIpc) is 2.74. The number of aliphatic hydroxyl groups excluding tert-OH is 1. The quantitative estimate of drug-likeness (QED) is 0.922. The number of thiazole rings is 1. The number of rotatable bonds is 4. The molecule has 0 radical (unpaired) electrons. The third kappa shape index (κ3) is 2.86. The van der Waals surface area contributed by atoms with Crippen LogP contribution < -0.4 is 4.74 Å². The van der Waals surface area contributed by atoms with Crippen LogP contribution >= 0.6 is 11.3 Å². The Morgan fingerprint density at radius 1 is 1.33 bits per heavy atom. The van der Waals surface area contributed by atoms with E-state index in [0.29, 0.717) is 5.75 Å². The van der Waals surface area contributed by atoms with E-state index in [1.165, 1.54) is 11.3 Å². The van der Waals surface area contributed by atoms with E-state index in [4.69, 9.17) is 4.74 Å². The third-order valence-corrected chi connectivity index (χ3v) is 3.44. The maximum absolute atomic E-state index is 10.3. The van der Waals surface area contributed by atoms with E-state index in [0.717, 1.165) is 16.1 Å². The Morgan fingerprint density at radius 3 is 2.72 bits per heavy atom. The van der Waals surface area contributed by atoms with Crippen molar-refractivity contribution in [3.8, 4) is 5.75 Å². The van der Waals surface area contributed by atoms with Gasteiger partial charge in [-0.25, -0.2) is 4.98 Å². The van der Waals surface area contributed by atoms with Gasteiger partial charge >= 0.3 is 0 Å². The Balaban J connectivity index is 2.25. The summed E-state index contributed by atoms with van der Waals surface area (Å²) in [7, 11) is 0. The lowest BCUT2D eigenvalue weighted by atomic mass is 10.1. The topological polar surface area (TPSA) is 55.2 Å². The zero-order valence-corrected chi connectivity index (χ0v) is 11.4.